The fourth-order valence-electron chi connectivity index (χ4n) is 2.40. The highest BCUT2D eigenvalue weighted by molar-refractivity contribution is 5.35. The Bertz CT molecular complexity index is 615. The third kappa shape index (κ3) is 3.64. The highest BCUT2D eigenvalue weighted by atomic mass is 19.1. The van der Waals surface area contributed by atoms with Crippen molar-refractivity contribution in [1.82, 2.24) is 0 Å². The van der Waals surface area contributed by atoms with Gasteiger partial charge in [-0.25, -0.2) is 13.2 Å². The first kappa shape index (κ1) is 15.6. The topological polar surface area (TPSA) is 26.0 Å². The molecule has 0 aromatic heterocycles. The van der Waals surface area contributed by atoms with E-state index >= 15 is 0 Å². The zero-order chi connectivity index (χ0) is 15.6. The Morgan fingerprint density at radius 2 is 1.62 bits per heavy atom. The molecule has 2 aromatic rings. The van der Waals surface area contributed by atoms with Gasteiger partial charge in [-0.1, -0.05) is 38.1 Å². The molecule has 0 saturated carbocycles. The minimum absolute atomic E-state index is 0.307. The van der Waals surface area contributed by atoms with Gasteiger partial charge in [0.2, 0.25) is 0 Å². The molecule has 0 aliphatic carbocycles. The first-order chi connectivity index (χ1) is 9.88. The molecule has 2 aromatic carbocycles. The quantitative estimate of drug-likeness (QED) is 0.891. The molecule has 2 N–H and O–H groups in total. The first-order valence-electron chi connectivity index (χ1n) is 6.87. The van der Waals surface area contributed by atoms with Gasteiger partial charge in [0.05, 0.1) is 6.04 Å². The van der Waals surface area contributed by atoms with E-state index in [0.717, 1.165) is 12.0 Å². The molecule has 0 heterocycles. The Hall–Kier alpha value is -1.81. The summed E-state index contributed by atoms with van der Waals surface area (Å²) < 4.78 is 40.6. The summed E-state index contributed by atoms with van der Waals surface area (Å²) in [5, 5.41) is 0. The van der Waals surface area contributed by atoms with Crippen LogP contribution in [0.2, 0.25) is 0 Å². The Labute approximate surface area is 122 Å². The standard InChI is InChI=1S/C17H18F3N/c1-10(2)6-11-4-3-5-12(7-11)17(21)16-14(19)8-13(18)9-15(16)20/h3-5,7-10,17H,6,21H2,1-2H3. The van der Waals surface area contributed by atoms with Crippen LogP contribution in [0.1, 0.15) is 36.6 Å². The van der Waals surface area contributed by atoms with Crippen molar-refractivity contribution in [2.24, 2.45) is 11.7 Å². The zero-order valence-corrected chi connectivity index (χ0v) is 12.0. The highest BCUT2D eigenvalue weighted by Crippen LogP contribution is 2.26. The third-order valence-corrected chi connectivity index (χ3v) is 3.31. The van der Waals surface area contributed by atoms with Crippen molar-refractivity contribution < 1.29 is 13.2 Å². The van der Waals surface area contributed by atoms with Crippen LogP contribution in [0.3, 0.4) is 0 Å². The number of rotatable bonds is 4. The van der Waals surface area contributed by atoms with Crippen molar-refractivity contribution in [3.8, 4) is 0 Å². The molecule has 112 valence electrons. The summed E-state index contributed by atoms with van der Waals surface area (Å²) in [7, 11) is 0. The maximum Gasteiger partial charge on any atom is 0.134 e. The number of hydrogen-bond donors (Lipinski definition) is 1. The maximum absolute atomic E-state index is 13.8. The highest BCUT2D eigenvalue weighted by Gasteiger charge is 2.20. The van der Waals surface area contributed by atoms with Crippen LogP contribution in [0.5, 0.6) is 0 Å². The van der Waals surface area contributed by atoms with Crippen molar-refractivity contribution in [2.75, 3.05) is 0 Å². The van der Waals surface area contributed by atoms with E-state index in [1.165, 1.54) is 0 Å². The molecule has 0 amide bonds. The average Bonchev–Trinajstić information content (AvgIpc) is 2.36. The second-order valence-corrected chi connectivity index (χ2v) is 5.60. The molecule has 1 unspecified atom stereocenters. The lowest BCUT2D eigenvalue weighted by Gasteiger charge is -2.16. The molecule has 0 spiro atoms. The fraction of sp³-hybridized carbons (Fsp3) is 0.294. The molecule has 2 rings (SSSR count). The van der Waals surface area contributed by atoms with Gasteiger partial charge < -0.3 is 5.73 Å². The van der Waals surface area contributed by atoms with Crippen LogP contribution in [-0.4, -0.2) is 0 Å². The van der Waals surface area contributed by atoms with Gasteiger partial charge in [-0.05, 0) is 23.5 Å². The van der Waals surface area contributed by atoms with Gasteiger partial charge in [-0.15, -0.1) is 0 Å². The van der Waals surface area contributed by atoms with Crippen LogP contribution in [-0.2, 0) is 6.42 Å². The molecule has 0 radical (unpaired) electrons. The molecule has 0 aliphatic heterocycles. The maximum atomic E-state index is 13.8. The van der Waals surface area contributed by atoms with Crippen LogP contribution < -0.4 is 5.73 Å². The Kier molecular flexibility index (Phi) is 4.68. The second kappa shape index (κ2) is 6.31. The predicted octanol–water partition coefficient (Wildman–Crippen LogP) is 4.35. The van der Waals surface area contributed by atoms with Crippen molar-refractivity contribution >= 4 is 0 Å². The first-order valence-corrected chi connectivity index (χ1v) is 6.87. The molecule has 0 bridgehead atoms. The predicted molar refractivity (Wildman–Crippen MR) is 77.3 cm³/mol. The third-order valence-electron chi connectivity index (χ3n) is 3.31. The van der Waals surface area contributed by atoms with E-state index in [0.29, 0.717) is 23.6 Å². The normalized spacial score (nSPS) is 12.7. The molecule has 4 heteroatoms. The Morgan fingerprint density at radius 3 is 2.19 bits per heavy atom. The van der Waals surface area contributed by atoms with Crippen LogP contribution in [0.4, 0.5) is 13.2 Å². The Morgan fingerprint density at radius 1 is 1.00 bits per heavy atom. The van der Waals surface area contributed by atoms with Crippen molar-refractivity contribution in [1.29, 1.82) is 0 Å². The summed E-state index contributed by atoms with van der Waals surface area (Å²) in [6.45, 7) is 4.18. The summed E-state index contributed by atoms with van der Waals surface area (Å²) in [5.74, 6) is -2.41. The number of halogens is 3. The Balaban J connectivity index is 2.38. The van der Waals surface area contributed by atoms with Crippen LogP contribution in [0, 0.1) is 23.4 Å². The minimum atomic E-state index is -0.964. The van der Waals surface area contributed by atoms with Crippen molar-refractivity contribution in [3.05, 3.63) is 70.5 Å². The van der Waals surface area contributed by atoms with Crippen LogP contribution in [0.25, 0.3) is 0 Å². The van der Waals surface area contributed by atoms with Crippen LogP contribution in [0.15, 0.2) is 36.4 Å². The van der Waals surface area contributed by atoms with E-state index < -0.39 is 23.5 Å². The monoisotopic (exact) mass is 293 g/mol. The van der Waals surface area contributed by atoms with Crippen molar-refractivity contribution in [3.63, 3.8) is 0 Å². The van der Waals surface area contributed by atoms with Gasteiger partial charge in [-0.3, -0.25) is 0 Å². The van der Waals surface area contributed by atoms with E-state index in [9.17, 15) is 13.2 Å². The minimum Gasteiger partial charge on any atom is -0.320 e. The summed E-state index contributed by atoms with van der Waals surface area (Å²) in [6.07, 6.45) is 0.856. The van der Waals surface area contributed by atoms with E-state index in [1.54, 1.807) is 6.07 Å². The molecule has 0 aliphatic rings. The smallest absolute Gasteiger partial charge is 0.134 e. The molecule has 21 heavy (non-hydrogen) atoms. The molecule has 1 atom stereocenters. The van der Waals surface area contributed by atoms with E-state index in [-0.39, 0.29) is 5.56 Å². The SMILES string of the molecule is CC(C)Cc1cccc(C(N)c2c(F)cc(F)cc2F)c1. The van der Waals surface area contributed by atoms with Crippen molar-refractivity contribution in [2.45, 2.75) is 26.3 Å². The zero-order valence-electron chi connectivity index (χ0n) is 12.0. The summed E-state index contributed by atoms with van der Waals surface area (Å²) in [4.78, 5) is 0. The number of hydrogen-bond acceptors (Lipinski definition) is 1. The summed E-state index contributed by atoms with van der Waals surface area (Å²) >= 11 is 0. The van der Waals surface area contributed by atoms with Crippen LogP contribution >= 0.6 is 0 Å². The van der Waals surface area contributed by atoms with E-state index in [4.69, 9.17) is 5.73 Å². The van der Waals surface area contributed by atoms with Gasteiger partial charge >= 0.3 is 0 Å². The lowest BCUT2D eigenvalue weighted by atomic mass is 9.94. The number of benzene rings is 2. The largest absolute Gasteiger partial charge is 0.320 e. The molecular formula is C17H18F3N. The number of nitrogens with two attached hydrogens (primary N) is 1. The molecule has 1 nitrogen and oxygen atoms in total. The van der Waals surface area contributed by atoms with Gasteiger partial charge in [0.15, 0.2) is 0 Å². The molecular weight excluding hydrogens is 275 g/mol. The fourth-order valence-corrected chi connectivity index (χ4v) is 2.40. The van der Waals surface area contributed by atoms with Gasteiger partial charge in [0.25, 0.3) is 0 Å². The van der Waals surface area contributed by atoms with E-state index in [1.807, 2.05) is 18.2 Å². The lowest BCUT2D eigenvalue weighted by Crippen LogP contribution is -2.16. The van der Waals surface area contributed by atoms with Gasteiger partial charge in [0.1, 0.15) is 17.5 Å². The van der Waals surface area contributed by atoms with E-state index in [2.05, 4.69) is 13.8 Å². The molecule has 0 saturated heterocycles. The van der Waals surface area contributed by atoms with Gasteiger partial charge in [0, 0.05) is 17.7 Å². The average molecular weight is 293 g/mol. The second-order valence-electron chi connectivity index (χ2n) is 5.60. The summed E-state index contributed by atoms with van der Waals surface area (Å²) in [5.41, 5.74) is 7.32. The summed E-state index contributed by atoms with van der Waals surface area (Å²) in [6, 6.07) is 7.66. The molecule has 0 fully saturated rings. The lowest BCUT2D eigenvalue weighted by molar-refractivity contribution is 0.515. The van der Waals surface area contributed by atoms with Gasteiger partial charge in [-0.2, -0.15) is 0 Å².